The Morgan fingerprint density at radius 3 is 2.86 bits per heavy atom. The molecule has 1 aromatic carbocycles. The van der Waals surface area contributed by atoms with E-state index in [0.717, 1.165) is 49.0 Å². The van der Waals surface area contributed by atoms with E-state index in [4.69, 9.17) is 4.74 Å². The minimum absolute atomic E-state index is 0.0265. The summed E-state index contributed by atoms with van der Waals surface area (Å²) in [7, 11) is 0. The Labute approximate surface area is 125 Å². The number of nitrogens with zero attached hydrogens (tertiary/aromatic N) is 2. The second kappa shape index (κ2) is 5.98. The van der Waals surface area contributed by atoms with E-state index < -0.39 is 0 Å². The normalized spacial score (nSPS) is 21.3. The van der Waals surface area contributed by atoms with Gasteiger partial charge in [-0.25, -0.2) is 9.97 Å². The summed E-state index contributed by atoms with van der Waals surface area (Å²) in [4.78, 5) is 8.76. The van der Waals surface area contributed by atoms with Crippen molar-refractivity contribution in [1.29, 1.82) is 0 Å². The van der Waals surface area contributed by atoms with Crippen LogP contribution < -0.4 is 5.32 Å². The largest absolute Gasteiger partial charge is 0.375 e. The molecule has 1 aromatic heterocycles. The van der Waals surface area contributed by atoms with E-state index in [-0.39, 0.29) is 5.60 Å². The number of fused-ring (bicyclic) bond motifs is 1. The van der Waals surface area contributed by atoms with E-state index in [1.165, 1.54) is 0 Å². The zero-order valence-electron chi connectivity index (χ0n) is 12.8. The molecule has 1 saturated heterocycles. The minimum atomic E-state index is 0.0265. The Balaban J connectivity index is 1.82. The van der Waals surface area contributed by atoms with Gasteiger partial charge in [0.1, 0.15) is 12.1 Å². The number of aromatic nitrogens is 2. The molecule has 0 aliphatic carbocycles. The van der Waals surface area contributed by atoms with Crippen molar-refractivity contribution in [2.75, 3.05) is 11.9 Å². The summed E-state index contributed by atoms with van der Waals surface area (Å²) in [6, 6.07) is 8.55. The van der Waals surface area contributed by atoms with Crippen LogP contribution in [0.2, 0.25) is 0 Å². The highest BCUT2D eigenvalue weighted by Crippen LogP contribution is 2.33. The Morgan fingerprint density at radius 2 is 2.05 bits per heavy atom. The van der Waals surface area contributed by atoms with Gasteiger partial charge in [0.05, 0.1) is 11.1 Å². The molecule has 1 fully saturated rings. The molecule has 1 unspecified atom stereocenters. The molecule has 21 heavy (non-hydrogen) atoms. The molecule has 1 aliphatic rings. The lowest BCUT2D eigenvalue weighted by Gasteiger charge is -2.40. The van der Waals surface area contributed by atoms with Crippen LogP contribution >= 0.6 is 0 Å². The number of hydrogen-bond acceptors (Lipinski definition) is 4. The molecule has 1 atom stereocenters. The van der Waals surface area contributed by atoms with Gasteiger partial charge in [0.2, 0.25) is 0 Å². The van der Waals surface area contributed by atoms with E-state index in [2.05, 4.69) is 35.2 Å². The van der Waals surface area contributed by atoms with Gasteiger partial charge in [0.15, 0.2) is 0 Å². The number of rotatable bonds is 4. The molecule has 112 valence electrons. The van der Waals surface area contributed by atoms with Crippen molar-refractivity contribution in [3.05, 3.63) is 30.6 Å². The lowest BCUT2D eigenvalue weighted by molar-refractivity contribution is -0.0864. The topological polar surface area (TPSA) is 47.0 Å². The lowest BCUT2D eigenvalue weighted by Crippen LogP contribution is -2.43. The number of ether oxygens (including phenoxy) is 1. The molecule has 0 radical (unpaired) electrons. The average molecular weight is 285 g/mol. The number of benzene rings is 1. The smallest absolute Gasteiger partial charge is 0.137 e. The van der Waals surface area contributed by atoms with E-state index in [0.29, 0.717) is 6.04 Å². The van der Waals surface area contributed by atoms with Crippen LogP contribution in [0.4, 0.5) is 5.82 Å². The average Bonchev–Trinajstić information content (AvgIpc) is 2.55. The number of nitrogens with one attached hydrogen (secondary N) is 1. The summed E-state index contributed by atoms with van der Waals surface area (Å²) in [6.45, 7) is 5.25. The summed E-state index contributed by atoms with van der Waals surface area (Å²) in [5, 5.41) is 4.70. The van der Waals surface area contributed by atoms with E-state index >= 15 is 0 Å². The maximum Gasteiger partial charge on any atom is 0.137 e. The van der Waals surface area contributed by atoms with Crippen molar-refractivity contribution in [3.8, 4) is 0 Å². The van der Waals surface area contributed by atoms with Crippen LogP contribution in [0.25, 0.3) is 10.9 Å². The highest BCUT2D eigenvalue weighted by atomic mass is 16.5. The molecule has 0 saturated carbocycles. The van der Waals surface area contributed by atoms with Crippen molar-refractivity contribution in [1.82, 2.24) is 9.97 Å². The molecule has 0 bridgehead atoms. The predicted octanol–water partition coefficient (Wildman–Crippen LogP) is 3.78. The van der Waals surface area contributed by atoms with Crippen LogP contribution in [0.3, 0.4) is 0 Å². The van der Waals surface area contributed by atoms with Gasteiger partial charge in [-0.2, -0.15) is 0 Å². The van der Waals surface area contributed by atoms with Gasteiger partial charge in [0.25, 0.3) is 0 Å². The van der Waals surface area contributed by atoms with Gasteiger partial charge in [-0.3, -0.25) is 0 Å². The fourth-order valence-corrected chi connectivity index (χ4v) is 3.21. The van der Waals surface area contributed by atoms with Crippen molar-refractivity contribution in [2.45, 2.75) is 51.2 Å². The summed E-state index contributed by atoms with van der Waals surface area (Å²) >= 11 is 0. The number of para-hydroxylation sites is 1. The first-order chi connectivity index (χ1) is 10.3. The van der Waals surface area contributed by atoms with Gasteiger partial charge in [-0.1, -0.05) is 26.0 Å². The zero-order chi connectivity index (χ0) is 14.7. The minimum Gasteiger partial charge on any atom is -0.375 e. The Kier molecular flexibility index (Phi) is 4.06. The maximum absolute atomic E-state index is 6.05. The van der Waals surface area contributed by atoms with Crippen molar-refractivity contribution < 1.29 is 4.74 Å². The molecule has 1 N–H and O–H groups in total. The molecule has 0 spiro atoms. The van der Waals surface area contributed by atoms with Crippen LogP contribution in [0.15, 0.2) is 30.6 Å². The highest BCUT2D eigenvalue weighted by Gasteiger charge is 2.34. The van der Waals surface area contributed by atoms with Gasteiger partial charge in [-0.15, -0.1) is 0 Å². The Morgan fingerprint density at radius 1 is 1.24 bits per heavy atom. The Bertz CT molecular complexity index is 605. The standard InChI is InChI=1S/C17H23N3O/c1-3-17(4-2)11-13(9-10-21-17)20-16-14-7-5-6-8-15(14)18-12-19-16/h5-8,12-13H,3-4,9-11H2,1-2H3,(H,18,19,20). The van der Waals surface area contributed by atoms with Crippen LogP contribution in [0.5, 0.6) is 0 Å². The molecule has 1 aliphatic heterocycles. The predicted molar refractivity (Wildman–Crippen MR) is 85.4 cm³/mol. The SMILES string of the molecule is CCC1(CC)CC(Nc2ncnc3ccccc23)CCO1. The lowest BCUT2D eigenvalue weighted by atomic mass is 9.86. The van der Waals surface area contributed by atoms with Gasteiger partial charge in [-0.05, 0) is 37.8 Å². The van der Waals surface area contributed by atoms with Gasteiger partial charge in [0, 0.05) is 18.0 Å². The molecule has 3 rings (SSSR count). The first kappa shape index (κ1) is 14.3. The molecule has 4 heteroatoms. The third-order valence-electron chi connectivity index (χ3n) is 4.67. The van der Waals surface area contributed by atoms with E-state index in [1.54, 1.807) is 6.33 Å². The number of hydrogen-bond donors (Lipinski definition) is 1. The van der Waals surface area contributed by atoms with Gasteiger partial charge < -0.3 is 10.1 Å². The Hall–Kier alpha value is -1.68. The van der Waals surface area contributed by atoms with Crippen LogP contribution in [0.1, 0.15) is 39.5 Å². The van der Waals surface area contributed by atoms with E-state index in [9.17, 15) is 0 Å². The third kappa shape index (κ3) is 2.86. The fraction of sp³-hybridized carbons (Fsp3) is 0.529. The van der Waals surface area contributed by atoms with Crippen molar-refractivity contribution >= 4 is 16.7 Å². The molecule has 4 nitrogen and oxygen atoms in total. The molecule has 0 amide bonds. The molecular formula is C17H23N3O. The third-order valence-corrected chi connectivity index (χ3v) is 4.67. The maximum atomic E-state index is 6.05. The highest BCUT2D eigenvalue weighted by molar-refractivity contribution is 5.88. The quantitative estimate of drug-likeness (QED) is 0.928. The van der Waals surface area contributed by atoms with Crippen molar-refractivity contribution in [3.63, 3.8) is 0 Å². The first-order valence-corrected chi connectivity index (χ1v) is 7.86. The van der Waals surface area contributed by atoms with Crippen LogP contribution in [-0.4, -0.2) is 28.2 Å². The number of anilines is 1. The fourth-order valence-electron chi connectivity index (χ4n) is 3.21. The van der Waals surface area contributed by atoms with Gasteiger partial charge >= 0.3 is 0 Å². The molecule has 2 heterocycles. The second-order valence-electron chi connectivity index (χ2n) is 5.81. The summed E-state index contributed by atoms with van der Waals surface area (Å²) in [6.07, 6.45) is 5.83. The van der Waals surface area contributed by atoms with Crippen molar-refractivity contribution in [2.24, 2.45) is 0 Å². The van der Waals surface area contributed by atoms with Crippen LogP contribution in [-0.2, 0) is 4.74 Å². The van der Waals surface area contributed by atoms with E-state index in [1.807, 2.05) is 18.2 Å². The van der Waals surface area contributed by atoms with Crippen LogP contribution in [0, 0.1) is 0 Å². The summed E-state index contributed by atoms with van der Waals surface area (Å²) < 4.78 is 6.05. The molecule has 2 aromatic rings. The molecular weight excluding hydrogens is 262 g/mol. The summed E-state index contributed by atoms with van der Waals surface area (Å²) in [5.74, 6) is 0.939. The zero-order valence-corrected chi connectivity index (χ0v) is 12.8. The first-order valence-electron chi connectivity index (χ1n) is 7.86. The second-order valence-corrected chi connectivity index (χ2v) is 5.81. The monoisotopic (exact) mass is 285 g/mol. The summed E-state index contributed by atoms with van der Waals surface area (Å²) in [5.41, 5.74) is 1.01.